The van der Waals surface area contributed by atoms with E-state index in [1.54, 1.807) is 0 Å². The maximum atomic E-state index is 14.5. The van der Waals surface area contributed by atoms with E-state index in [9.17, 15) is 12.8 Å². The summed E-state index contributed by atoms with van der Waals surface area (Å²) < 4.78 is 52.2. The van der Waals surface area contributed by atoms with Crippen molar-refractivity contribution >= 4 is 10.0 Å². The Kier molecular flexibility index (Phi) is 6.42. The first kappa shape index (κ1) is 19.0. The molecule has 0 radical (unpaired) electrons. The summed E-state index contributed by atoms with van der Waals surface area (Å²) in [5.41, 5.74) is 0. The molecule has 0 amide bonds. The number of halogens is 1. The van der Waals surface area contributed by atoms with Gasteiger partial charge in [0, 0.05) is 24.7 Å². The Balaban J connectivity index is 2.46. The first-order valence-corrected chi connectivity index (χ1v) is 9.53. The van der Waals surface area contributed by atoms with Crippen LogP contribution in [-0.2, 0) is 10.0 Å². The second-order valence-electron chi connectivity index (χ2n) is 5.73. The van der Waals surface area contributed by atoms with Crippen LogP contribution in [0.4, 0.5) is 4.39 Å². The summed E-state index contributed by atoms with van der Waals surface area (Å²) in [6.07, 6.45) is 2.10. The molecule has 0 spiro atoms. The van der Waals surface area contributed by atoms with Gasteiger partial charge in [0.15, 0.2) is 11.5 Å². The standard InChI is InChI=1S/C16H25FN2O4S/c1-4-9-19(12-5-7-18-8-6-12)24(20,21)16-11-15(23-3)14(22-2)10-13(16)17/h10-12,18H,4-9H2,1-3H3. The van der Waals surface area contributed by atoms with Crippen LogP contribution >= 0.6 is 0 Å². The second kappa shape index (κ2) is 8.13. The molecule has 1 fully saturated rings. The lowest BCUT2D eigenvalue weighted by Crippen LogP contribution is -2.46. The Morgan fingerprint density at radius 2 is 1.79 bits per heavy atom. The summed E-state index contributed by atoms with van der Waals surface area (Å²) >= 11 is 0. The van der Waals surface area contributed by atoms with Crippen molar-refractivity contribution in [3.8, 4) is 11.5 Å². The van der Waals surface area contributed by atoms with E-state index in [4.69, 9.17) is 9.47 Å². The van der Waals surface area contributed by atoms with Crippen molar-refractivity contribution in [3.05, 3.63) is 17.9 Å². The lowest BCUT2D eigenvalue weighted by molar-refractivity contribution is 0.261. The number of nitrogens with zero attached hydrogens (tertiary/aromatic N) is 1. The average molecular weight is 360 g/mol. The summed E-state index contributed by atoms with van der Waals surface area (Å²) in [4.78, 5) is -0.368. The normalized spacial score (nSPS) is 16.4. The van der Waals surface area contributed by atoms with Gasteiger partial charge in [0.05, 0.1) is 14.2 Å². The van der Waals surface area contributed by atoms with Crippen molar-refractivity contribution in [2.24, 2.45) is 0 Å². The number of hydrogen-bond donors (Lipinski definition) is 1. The fourth-order valence-electron chi connectivity index (χ4n) is 2.97. The highest BCUT2D eigenvalue weighted by molar-refractivity contribution is 7.89. The Hall–Kier alpha value is -1.38. The smallest absolute Gasteiger partial charge is 0.246 e. The van der Waals surface area contributed by atoms with Crippen LogP contribution in [0.25, 0.3) is 0 Å². The van der Waals surface area contributed by atoms with E-state index < -0.39 is 15.8 Å². The molecule has 0 saturated carbocycles. The quantitative estimate of drug-likeness (QED) is 0.805. The first-order valence-electron chi connectivity index (χ1n) is 8.09. The third-order valence-corrected chi connectivity index (χ3v) is 6.15. The molecule has 0 aliphatic carbocycles. The molecule has 0 unspecified atom stereocenters. The Labute approximate surface area is 143 Å². The second-order valence-corrected chi connectivity index (χ2v) is 7.59. The lowest BCUT2D eigenvalue weighted by Gasteiger charge is -2.33. The predicted molar refractivity (Wildman–Crippen MR) is 89.6 cm³/mol. The number of hydrogen-bond acceptors (Lipinski definition) is 5. The van der Waals surface area contributed by atoms with E-state index >= 15 is 0 Å². The van der Waals surface area contributed by atoms with Crippen LogP contribution in [-0.4, -0.2) is 52.6 Å². The zero-order chi connectivity index (χ0) is 17.7. The fourth-order valence-corrected chi connectivity index (χ4v) is 4.81. The van der Waals surface area contributed by atoms with E-state index in [1.165, 1.54) is 24.6 Å². The minimum atomic E-state index is -3.96. The molecule has 1 N–H and O–H groups in total. The summed E-state index contributed by atoms with van der Waals surface area (Å²) in [5.74, 6) is -0.472. The van der Waals surface area contributed by atoms with Gasteiger partial charge >= 0.3 is 0 Å². The molecule has 1 saturated heterocycles. The first-order chi connectivity index (χ1) is 11.5. The summed E-state index contributed by atoms with van der Waals surface area (Å²) in [5, 5.41) is 3.22. The Morgan fingerprint density at radius 3 is 2.33 bits per heavy atom. The van der Waals surface area contributed by atoms with Crippen molar-refractivity contribution in [2.45, 2.75) is 37.1 Å². The Morgan fingerprint density at radius 1 is 1.21 bits per heavy atom. The van der Waals surface area contributed by atoms with Gasteiger partial charge < -0.3 is 14.8 Å². The van der Waals surface area contributed by atoms with Crippen molar-refractivity contribution in [1.29, 1.82) is 0 Å². The molecule has 24 heavy (non-hydrogen) atoms. The number of ether oxygens (including phenoxy) is 2. The maximum Gasteiger partial charge on any atom is 0.246 e. The van der Waals surface area contributed by atoms with Gasteiger partial charge in [-0.1, -0.05) is 6.92 Å². The number of piperidine rings is 1. The van der Waals surface area contributed by atoms with E-state index in [-0.39, 0.29) is 22.4 Å². The van der Waals surface area contributed by atoms with Crippen LogP contribution < -0.4 is 14.8 Å². The van der Waals surface area contributed by atoms with E-state index in [0.29, 0.717) is 25.8 Å². The van der Waals surface area contributed by atoms with Gasteiger partial charge in [0.2, 0.25) is 10.0 Å². The van der Waals surface area contributed by atoms with Crippen molar-refractivity contribution in [1.82, 2.24) is 9.62 Å². The molecule has 6 nitrogen and oxygen atoms in total. The molecule has 8 heteroatoms. The third-order valence-electron chi connectivity index (χ3n) is 4.18. The summed E-state index contributed by atoms with van der Waals surface area (Å²) in [6, 6.07) is 2.13. The number of methoxy groups -OCH3 is 2. The zero-order valence-corrected chi connectivity index (χ0v) is 15.2. The SMILES string of the molecule is CCCN(C1CCNCC1)S(=O)(=O)c1cc(OC)c(OC)cc1F. The Bertz CT molecular complexity index is 660. The molecule has 1 aliphatic heterocycles. The van der Waals surface area contributed by atoms with Gasteiger partial charge in [-0.25, -0.2) is 12.8 Å². The van der Waals surface area contributed by atoms with Gasteiger partial charge in [-0.15, -0.1) is 0 Å². The van der Waals surface area contributed by atoms with Crippen molar-refractivity contribution < 1.29 is 22.3 Å². The molecule has 0 bridgehead atoms. The van der Waals surface area contributed by atoms with Crippen LogP contribution in [0.1, 0.15) is 26.2 Å². The fraction of sp³-hybridized carbons (Fsp3) is 0.625. The molecule has 1 aliphatic rings. The molecule has 1 aromatic carbocycles. The number of sulfonamides is 1. The topological polar surface area (TPSA) is 67.9 Å². The van der Waals surface area contributed by atoms with Crippen LogP contribution in [0.2, 0.25) is 0 Å². The average Bonchev–Trinajstić information content (AvgIpc) is 2.59. The highest BCUT2D eigenvalue weighted by Crippen LogP contribution is 2.34. The molecule has 1 aromatic rings. The minimum absolute atomic E-state index is 0.122. The van der Waals surface area contributed by atoms with Gasteiger partial charge in [-0.05, 0) is 32.4 Å². The number of benzene rings is 1. The monoisotopic (exact) mass is 360 g/mol. The van der Waals surface area contributed by atoms with Crippen LogP contribution in [0.3, 0.4) is 0 Å². The molecule has 0 aromatic heterocycles. The van der Waals surface area contributed by atoms with E-state index in [0.717, 1.165) is 19.2 Å². The van der Waals surface area contributed by atoms with Crippen LogP contribution in [0.15, 0.2) is 17.0 Å². The number of nitrogens with one attached hydrogen (secondary N) is 1. The number of rotatable bonds is 7. The highest BCUT2D eigenvalue weighted by Gasteiger charge is 2.34. The third kappa shape index (κ3) is 3.81. The summed E-state index contributed by atoms with van der Waals surface area (Å²) in [7, 11) is -1.19. The molecule has 0 atom stereocenters. The van der Waals surface area contributed by atoms with Crippen LogP contribution in [0, 0.1) is 5.82 Å². The van der Waals surface area contributed by atoms with Crippen molar-refractivity contribution in [2.75, 3.05) is 33.9 Å². The largest absolute Gasteiger partial charge is 0.493 e. The maximum absolute atomic E-state index is 14.5. The molecule has 1 heterocycles. The van der Waals surface area contributed by atoms with E-state index in [2.05, 4.69) is 5.32 Å². The minimum Gasteiger partial charge on any atom is -0.493 e. The molecular weight excluding hydrogens is 335 g/mol. The van der Waals surface area contributed by atoms with Gasteiger partial charge in [-0.2, -0.15) is 4.31 Å². The van der Waals surface area contributed by atoms with Gasteiger partial charge in [0.1, 0.15) is 10.7 Å². The molecule has 2 rings (SSSR count). The molecular formula is C16H25FN2O4S. The zero-order valence-electron chi connectivity index (χ0n) is 14.3. The summed E-state index contributed by atoms with van der Waals surface area (Å²) in [6.45, 7) is 3.79. The molecule has 136 valence electrons. The van der Waals surface area contributed by atoms with Crippen LogP contribution in [0.5, 0.6) is 11.5 Å². The van der Waals surface area contributed by atoms with Gasteiger partial charge in [-0.3, -0.25) is 0 Å². The van der Waals surface area contributed by atoms with Crippen molar-refractivity contribution in [3.63, 3.8) is 0 Å². The highest BCUT2D eigenvalue weighted by atomic mass is 32.2. The van der Waals surface area contributed by atoms with E-state index in [1.807, 2.05) is 6.92 Å². The lowest BCUT2D eigenvalue weighted by atomic mass is 10.1. The predicted octanol–water partition coefficient (Wildman–Crippen LogP) is 2.00. The van der Waals surface area contributed by atoms with Gasteiger partial charge in [0.25, 0.3) is 0 Å².